The molecule has 0 aliphatic heterocycles. The summed E-state index contributed by atoms with van der Waals surface area (Å²) in [6.45, 7) is 3.67. The fourth-order valence-corrected chi connectivity index (χ4v) is 2.39. The Bertz CT molecular complexity index is 197. The van der Waals surface area contributed by atoms with Gasteiger partial charge < -0.3 is 4.74 Å². The van der Waals surface area contributed by atoms with E-state index >= 15 is 0 Å². The molecule has 0 saturated heterocycles. The van der Waals surface area contributed by atoms with Crippen LogP contribution in [0.5, 0.6) is 0 Å². The molecule has 0 N–H and O–H groups in total. The van der Waals surface area contributed by atoms with E-state index in [1.807, 2.05) is 17.8 Å². The van der Waals surface area contributed by atoms with Crippen molar-refractivity contribution in [3.05, 3.63) is 12.7 Å². The first kappa shape index (κ1) is 10.6. The lowest BCUT2D eigenvalue weighted by atomic mass is 10.1. The van der Waals surface area contributed by atoms with Crippen LogP contribution in [0.25, 0.3) is 0 Å². The number of carbonyl (C=O) groups excluding carboxylic acids is 1. The van der Waals surface area contributed by atoms with E-state index < -0.39 is 0 Å². The van der Waals surface area contributed by atoms with Crippen molar-refractivity contribution in [2.45, 2.75) is 19.3 Å². The van der Waals surface area contributed by atoms with Crippen LogP contribution in [-0.4, -0.2) is 24.6 Å². The van der Waals surface area contributed by atoms with Crippen LogP contribution in [0.4, 0.5) is 0 Å². The lowest BCUT2D eigenvalue weighted by Gasteiger charge is -2.11. The molecule has 1 rings (SSSR count). The molecule has 3 heteroatoms. The van der Waals surface area contributed by atoms with Crippen molar-refractivity contribution >= 4 is 17.7 Å². The Balaban J connectivity index is 2.22. The molecule has 0 unspecified atom stereocenters. The van der Waals surface area contributed by atoms with Crippen LogP contribution in [0.15, 0.2) is 12.7 Å². The minimum absolute atomic E-state index is 0.0725. The fraction of sp³-hybridized carbons (Fsp3) is 0.700. The number of hydrogen-bond acceptors (Lipinski definition) is 3. The number of methoxy groups -OCH3 is 1. The molecule has 13 heavy (non-hydrogen) atoms. The highest BCUT2D eigenvalue weighted by Crippen LogP contribution is 2.51. The summed E-state index contributed by atoms with van der Waals surface area (Å²) in [7, 11) is 1.45. The third-order valence-corrected chi connectivity index (χ3v) is 3.64. The van der Waals surface area contributed by atoms with Gasteiger partial charge in [0.05, 0.1) is 13.5 Å². The molecule has 1 fully saturated rings. The standard InChI is InChI=1S/C10H16O2S/c1-3-6-13-8-10(4-5-10)7-9(11)12-2/h3H,1,4-8H2,2H3. The molecule has 1 aliphatic rings. The summed E-state index contributed by atoms with van der Waals surface area (Å²) < 4.78 is 4.66. The average Bonchev–Trinajstić information content (AvgIpc) is 2.86. The minimum atomic E-state index is -0.0725. The SMILES string of the molecule is C=CCSCC1(CC(=O)OC)CC1. The quantitative estimate of drug-likeness (QED) is 0.374. The van der Waals surface area contributed by atoms with Crippen LogP contribution in [0, 0.1) is 5.41 Å². The van der Waals surface area contributed by atoms with Gasteiger partial charge in [-0.2, -0.15) is 11.8 Å². The molecule has 1 saturated carbocycles. The van der Waals surface area contributed by atoms with Gasteiger partial charge in [0, 0.05) is 5.75 Å². The number of carbonyl (C=O) groups is 1. The van der Waals surface area contributed by atoms with E-state index in [9.17, 15) is 4.79 Å². The molecule has 0 aromatic rings. The van der Waals surface area contributed by atoms with Crippen molar-refractivity contribution in [1.29, 1.82) is 0 Å². The third-order valence-electron chi connectivity index (χ3n) is 2.35. The first-order valence-electron chi connectivity index (χ1n) is 4.48. The Kier molecular flexibility index (Phi) is 3.85. The smallest absolute Gasteiger partial charge is 0.306 e. The van der Waals surface area contributed by atoms with E-state index in [2.05, 4.69) is 11.3 Å². The second-order valence-corrected chi connectivity index (χ2v) is 4.59. The van der Waals surface area contributed by atoms with Gasteiger partial charge in [0.15, 0.2) is 0 Å². The molecule has 0 aromatic carbocycles. The highest BCUT2D eigenvalue weighted by molar-refractivity contribution is 7.99. The molecule has 0 bridgehead atoms. The van der Waals surface area contributed by atoms with Crippen LogP contribution in [0.2, 0.25) is 0 Å². The second-order valence-electron chi connectivity index (χ2n) is 3.56. The molecular weight excluding hydrogens is 184 g/mol. The zero-order chi connectivity index (χ0) is 9.73. The van der Waals surface area contributed by atoms with Crippen molar-refractivity contribution in [2.75, 3.05) is 18.6 Å². The predicted molar refractivity (Wildman–Crippen MR) is 55.8 cm³/mol. The van der Waals surface area contributed by atoms with Crippen molar-refractivity contribution in [3.63, 3.8) is 0 Å². The van der Waals surface area contributed by atoms with Crippen molar-refractivity contribution in [3.8, 4) is 0 Å². The molecule has 0 atom stereocenters. The minimum Gasteiger partial charge on any atom is -0.469 e. The Morgan fingerprint density at radius 2 is 2.38 bits per heavy atom. The number of esters is 1. The number of rotatable bonds is 6. The highest BCUT2D eigenvalue weighted by Gasteiger charge is 2.44. The molecule has 2 nitrogen and oxygen atoms in total. The molecule has 1 aliphatic carbocycles. The van der Waals surface area contributed by atoms with Crippen LogP contribution >= 0.6 is 11.8 Å². The molecule has 0 spiro atoms. The van der Waals surface area contributed by atoms with Crippen LogP contribution in [0.1, 0.15) is 19.3 Å². The zero-order valence-electron chi connectivity index (χ0n) is 8.04. The van der Waals surface area contributed by atoms with Gasteiger partial charge in [-0.15, -0.1) is 6.58 Å². The molecule has 0 radical (unpaired) electrons. The summed E-state index contributed by atoms with van der Waals surface area (Å²) in [5, 5.41) is 0. The third kappa shape index (κ3) is 3.43. The van der Waals surface area contributed by atoms with Crippen molar-refractivity contribution in [2.24, 2.45) is 5.41 Å². The van der Waals surface area contributed by atoms with Gasteiger partial charge in [-0.05, 0) is 24.0 Å². The summed E-state index contributed by atoms with van der Waals surface area (Å²) in [5.74, 6) is 1.97. The Morgan fingerprint density at radius 3 is 2.85 bits per heavy atom. The lowest BCUT2D eigenvalue weighted by Crippen LogP contribution is -2.13. The maximum atomic E-state index is 11.0. The van der Waals surface area contributed by atoms with Crippen LogP contribution < -0.4 is 0 Å². The second kappa shape index (κ2) is 4.70. The fourth-order valence-electron chi connectivity index (χ4n) is 1.29. The predicted octanol–water partition coefficient (Wildman–Crippen LogP) is 2.25. The van der Waals surface area contributed by atoms with Crippen molar-refractivity contribution < 1.29 is 9.53 Å². The monoisotopic (exact) mass is 200 g/mol. The topological polar surface area (TPSA) is 26.3 Å². The van der Waals surface area contributed by atoms with Gasteiger partial charge in [-0.25, -0.2) is 0 Å². The van der Waals surface area contributed by atoms with Crippen molar-refractivity contribution in [1.82, 2.24) is 0 Å². The van der Waals surface area contributed by atoms with E-state index in [1.54, 1.807) is 0 Å². The highest BCUT2D eigenvalue weighted by atomic mass is 32.2. The molecule has 0 aromatic heterocycles. The van der Waals surface area contributed by atoms with E-state index in [4.69, 9.17) is 0 Å². The molecule has 74 valence electrons. The Hall–Kier alpha value is -0.440. The lowest BCUT2D eigenvalue weighted by molar-refractivity contribution is -0.141. The van der Waals surface area contributed by atoms with Crippen LogP contribution in [-0.2, 0) is 9.53 Å². The first-order chi connectivity index (χ1) is 6.22. The zero-order valence-corrected chi connectivity index (χ0v) is 8.86. The van der Waals surface area contributed by atoms with Gasteiger partial charge in [0.1, 0.15) is 0 Å². The Morgan fingerprint density at radius 1 is 1.69 bits per heavy atom. The number of thioether (sulfide) groups is 1. The largest absolute Gasteiger partial charge is 0.469 e. The van der Waals surface area contributed by atoms with E-state index in [0.29, 0.717) is 6.42 Å². The van der Waals surface area contributed by atoms with E-state index in [-0.39, 0.29) is 11.4 Å². The van der Waals surface area contributed by atoms with Gasteiger partial charge in [-0.1, -0.05) is 6.08 Å². The van der Waals surface area contributed by atoms with E-state index in [0.717, 1.165) is 11.5 Å². The maximum Gasteiger partial charge on any atom is 0.306 e. The summed E-state index contributed by atoms with van der Waals surface area (Å²) in [6, 6.07) is 0. The maximum absolute atomic E-state index is 11.0. The van der Waals surface area contributed by atoms with Gasteiger partial charge >= 0.3 is 5.97 Å². The van der Waals surface area contributed by atoms with Gasteiger partial charge in [-0.3, -0.25) is 4.79 Å². The molecular formula is C10H16O2S. The summed E-state index contributed by atoms with van der Waals surface area (Å²) in [4.78, 5) is 11.0. The Labute approximate surface area is 83.7 Å². The van der Waals surface area contributed by atoms with Gasteiger partial charge in [0.25, 0.3) is 0 Å². The summed E-state index contributed by atoms with van der Waals surface area (Å²) in [5.41, 5.74) is 0.265. The molecule has 0 amide bonds. The average molecular weight is 200 g/mol. The normalized spacial score (nSPS) is 17.9. The number of ether oxygens (including phenoxy) is 1. The molecule has 0 heterocycles. The summed E-state index contributed by atoms with van der Waals surface area (Å²) in [6.07, 6.45) is 4.84. The van der Waals surface area contributed by atoms with E-state index in [1.165, 1.54) is 20.0 Å². The summed E-state index contributed by atoms with van der Waals surface area (Å²) >= 11 is 1.85. The first-order valence-corrected chi connectivity index (χ1v) is 5.63. The number of hydrogen-bond donors (Lipinski definition) is 0. The van der Waals surface area contributed by atoms with Gasteiger partial charge in [0.2, 0.25) is 0 Å². The van der Waals surface area contributed by atoms with Crippen LogP contribution in [0.3, 0.4) is 0 Å².